The van der Waals surface area contributed by atoms with E-state index in [4.69, 9.17) is 14.9 Å². The molecule has 1 unspecified atom stereocenters. The third-order valence-corrected chi connectivity index (χ3v) is 3.91. The van der Waals surface area contributed by atoms with Gasteiger partial charge in [-0.3, -0.25) is 4.79 Å². The van der Waals surface area contributed by atoms with Gasteiger partial charge in [0.15, 0.2) is 0 Å². The molecule has 0 radical (unpaired) electrons. The second kappa shape index (κ2) is 8.31. The maximum atomic E-state index is 11.0. The lowest BCUT2D eigenvalue weighted by Gasteiger charge is -2.13. The van der Waals surface area contributed by atoms with Gasteiger partial charge < -0.3 is 20.2 Å². The predicted molar refractivity (Wildman–Crippen MR) is 98.0 cm³/mol. The van der Waals surface area contributed by atoms with Crippen molar-refractivity contribution >= 4 is 5.91 Å². The summed E-state index contributed by atoms with van der Waals surface area (Å²) in [5.41, 5.74) is 6.74. The van der Waals surface area contributed by atoms with Crippen molar-refractivity contribution in [2.24, 2.45) is 5.73 Å². The third-order valence-electron chi connectivity index (χ3n) is 3.91. The Morgan fingerprint density at radius 1 is 1.23 bits per heavy atom. The molecule has 0 aliphatic heterocycles. The van der Waals surface area contributed by atoms with Gasteiger partial charge in [0.1, 0.15) is 11.5 Å². The number of rotatable bonds is 8. The Bertz CT molecular complexity index is 828. The molecule has 6 nitrogen and oxygen atoms in total. The number of amides is 1. The van der Waals surface area contributed by atoms with E-state index in [1.165, 1.54) is 11.8 Å². The number of nitrogens with zero attached hydrogens (tertiary/aromatic N) is 1. The van der Waals surface area contributed by atoms with Crippen LogP contribution in [-0.2, 0) is 13.0 Å². The predicted octanol–water partition coefficient (Wildman–Crippen LogP) is 3.29. The Hall–Kier alpha value is -3.12. The molecule has 1 aromatic carbocycles. The van der Waals surface area contributed by atoms with Crippen molar-refractivity contribution < 1.29 is 13.9 Å². The molecule has 2 aromatic heterocycles. The number of carbonyl (C=O) groups is 1. The topological polar surface area (TPSA) is 90.4 Å². The summed E-state index contributed by atoms with van der Waals surface area (Å²) in [7, 11) is 0. The van der Waals surface area contributed by atoms with Crippen molar-refractivity contribution in [1.29, 1.82) is 0 Å². The summed E-state index contributed by atoms with van der Waals surface area (Å²) >= 11 is 0. The highest BCUT2D eigenvalue weighted by molar-refractivity contribution is 5.92. The van der Waals surface area contributed by atoms with E-state index in [0.717, 1.165) is 12.2 Å². The van der Waals surface area contributed by atoms with Crippen LogP contribution in [0.2, 0.25) is 0 Å². The summed E-state index contributed by atoms with van der Waals surface area (Å²) in [6.45, 7) is 2.85. The van der Waals surface area contributed by atoms with E-state index in [-0.39, 0.29) is 0 Å². The maximum Gasteiger partial charge on any atom is 0.250 e. The fourth-order valence-corrected chi connectivity index (χ4v) is 2.51. The van der Waals surface area contributed by atoms with Crippen molar-refractivity contribution in [2.45, 2.75) is 25.9 Å². The van der Waals surface area contributed by atoms with Crippen molar-refractivity contribution in [3.8, 4) is 11.6 Å². The zero-order valence-corrected chi connectivity index (χ0v) is 14.5. The molecule has 0 saturated heterocycles. The summed E-state index contributed by atoms with van der Waals surface area (Å²) in [6.07, 6.45) is 3.97. The van der Waals surface area contributed by atoms with Crippen LogP contribution in [0.1, 0.15) is 28.6 Å². The minimum atomic E-state index is -0.511. The lowest BCUT2D eigenvalue weighted by atomic mass is 10.1. The number of nitrogens with one attached hydrogen (secondary N) is 1. The van der Waals surface area contributed by atoms with Crippen LogP contribution in [0.15, 0.2) is 65.4 Å². The van der Waals surface area contributed by atoms with Gasteiger partial charge in [0.05, 0.1) is 18.4 Å². The minimum Gasteiger partial charge on any atom is -0.468 e. The average Bonchev–Trinajstić information content (AvgIpc) is 3.16. The molecule has 0 bridgehead atoms. The SMILES string of the molecule is CC(Cc1ccc(Oc2ccc(C(N)=O)cn2)cc1)NCc1ccco1. The molecule has 6 heteroatoms. The first-order valence-corrected chi connectivity index (χ1v) is 8.38. The lowest BCUT2D eigenvalue weighted by Crippen LogP contribution is -2.27. The van der Waals surface area contributed by atoms with Crippen LogP contribution in [0.25, 0.3) is 0 Å². The molecule has 1 amide bonds. The highest BCUT2D eigenvalue weighted by atomic mass is 16.5. The molecule has 0 saturated carbocycles. The fraction of sp³-hybridized carbons (Fsp3) is 0.200. The molecule has 0 fully saturated rings. The zero-order valence-electron chi connectivity index (χ0n) is 14.5. The Morgan fingerprint density at radius 2 is 2.04 bits per heavy atom. The number of primary amides is 1. The van der Waals surface area contributed by atoms with E-state index < -0.39 is 5.91 Å². The second-order valence-corrected chi connectivity index (χ2v) is 6.06. The van der Waals surface area contributed by atoms with Gasteiger partial charge >= 0.3 is 0 Å². The molecule has 0 spiro atoms. The van der Waals surface area contributed by atoms with E-state index in [1.807, 2.05) is 36.4 Å². The van der Waals surface area contributed by atoms with Crippen molar-refractivity contribution in [3.63, 3.8) is 0 Å². The molecule has 0 aliphatic rings. The smallest absolute Gasteiger partial charge is 0.250 e. The lowest BCUT2D eigenvalue weighted by molar-refractivity contribution is 0.1000. The van der Waals surface area contributed by atoms with Crippen LogP contribution in [0, 0.1) is 0 Å². The van der Waals surface area contributed by atoms with Gasteiger partial charge in [-0.15, -0.1) is 0 Å². The zero-order chi connectivity index (χ0) is 18.4. The van der Waals surface area contributed by atoms with Crippen LogP contribution >= 0.6 is 0 Å². The summed E-state index contributed by atoms with van der Waals surface area (Å²) in [4.78, 5) is 15.1. The molecule has 1 atom stereocenters. The molecule has 134 valence electrons. The number of pyridine rings is 1. The third kappa shape index (κ3) is 4.94. The second-order valence-electron chi connectivity index (χ2n) is 6.06. The van der Waals surface area contributed by atoms with E-state index in [9.17, 15) is 4.79 Å². The number of benzene rings is 1. The molecular formula is C20H21N3O3. The normalized spacial score (nSPS) is 11.9. The van der Waals surface area contributed by atoms with Gasteiger partial charge in [0.2, 0.25) is 11.8 Å². The highest BCUT2D eigenvalue weighted by Crippen LogP contribution is 2.20. The van der Waals surface area contributed by atoms with Crippen molar-refractivity contribution in [1.82, 2.24) is 10.3 Å². The molecule has 2 heterocycles. The van der Waals surface area contributed by atoms with Crippen molar-refractivity contribution in [2.75, 3.05) is 0 Å². The standard InChI is InChI=1S/C20H21N3O3/c1-14(22-13-18-3-2-10-25-18)11-15-4-7-17(8-5-15)26-19-9-6-16(12-23-19)20(21)24/h2-10,12,14,22H,11,13H2,1H3,(H2,21,24). The number of hydrogen-bond donors (Lipinski definition) is 2. The monoisotopic (exact) mass is 351 g/mol. The number of nitrogens with two attached hydrogens (primary N) is 1. The van der Waals surface area contributed by atoms with Gasteiger partial charge in [-0.25, -0.2) is 4.98 Å². The van der Waals surface area contributed by atoms with Gasteiger partial charge in [0.25, 0.3) is 0 Å². The molecule has 0 aliphatic carbocycles. The van der Waals surface area contributed by atoms with Crippen LogP contribution in [-0.4, -0.2) is 16.9 Å². The van der Waals surface area contributed by atoms with E-state index in [2.05, 4.69) is 17.2 Å². The summed E-state index contributed by atoms with van der Waals surface area (Å²) in [5, 5.41) is 3.43. The minimum absolute atomic E-state index is 0.315. The quantitative estimate of drug-likeness (QED) is 0.650. The van der Waals surface area contributed by atoms with Crippen LogP contribution < -0.4 is 15.8 Å². The van der Waals surface area contributed by atoms with Gasteiger partial charge in [-0.2, -0.15) is 0 Å². The first-order valence-electron chi connectivity index (χ1n) is 8.38. The van der Waals surface area contributed by atoms with Crippen LogP contribution in [0.3, 0.4) is 0 Å². The molecule has 3 rings (SSSR count). The van der Waals surface area contributed by atoms with E-state index in [1.54, 1.807) is 18.4 Å². The number of ether oxygens (including phenoxy) is 1. The first-order chi connectivity index (χ1) is 12.6. The van der Waals surface area contributed by atoms with Crippen LogP contribution in [0.5, 0.6) is 11.6 Å². The highest BCUT2D eigenvalue weighted by Gasteiger charge is 2.06. The van der Waals surface area contributed by atoms with Crippen molar-refractivity contribution in [3.05, 3.63) is 77.9 Å². The van der Waals surface area contributed by atoms with Gasteiger partial charge in [-0.05, 0) is 49.2 Å². The number of hydrogen-bond acceptors (Lipinski definition) is 5. The summed E-state index contributed by atoms with van der Waals surface area (Å²) in [6, 6.07) is 15.2. The van der Waals surface area contributed by atoms with E-state index >= 15 is 0 Å². The Kier molecular flexibility index (Phi) is 5.66. The van der Waals surface area contributed by atoms with Gasteiger partial charge in [-0.1, -0.05) is 12.1 Å². The number of aromatic nitrogens is 1. The Balaban J connectivity index is 1.51. The number of carbonyl (C=O) groups excluding carboxylic acids is 1. The molecular weight excluding hydrogens is 330 g/mol. The number of furan rings is 1. The summed E-state index contributed by atoms with van der Waals surface area (Å²) in [5.74, 6) is 1.51. The van der Waals surface area contributed by atoms with Crippen LogP contribution in [0.4, 0.5) is 0 Å². The maximum absolute atomic E-state index is 11.0. The fourth-order valence-electron chi connectivity index (χ4n) is 2.51. The molecule has 3 N–H and O–H groups in total. The van der Waals surface area contributed by atoms with E-state index in [0.29, 0.717) is 29.8 Å². The van der Waals surface area contributed by atoms with Gasteiger partial charge in [0, 0.05) is 18.3 Å². The largest absolute Gasteiger partial charge is 0.468 e. The summed E-state index contributed by atoms with van der Waals surface area (Å²) < 4.78 is 11.0. The Morgan fingerprint density at radius 3 is 2.65 bits per heavy atom. The first kappa shape index (κ1) is 17.7. The average molecular weight is 351 g/mol. The molecule has 3 aromatic rings. The Labute approximate surface area is 152 Å². The molecule has 26 heavy (non-hydrogen) atoms.